The fourth-order valence-corrected chi connectivity index (χ4v) is 3.35. The lowest BCUT2D eigenvalue weighted by atomic mass is 10.1. The molecule has 0 unspecified atom stereocenters. The molecule has 1 heterocycles. The van der Waals surface area contributed by atoms with Gasteiger partial charge in [0.1, 0.15) is 10.7 Å². The number of carbonyl (C=O) groups excluding carboxylic acids is 2. The van der Waals surface area contributed by atoms with Crippen molar-refractivity contribution < 1.29 is 19.1 Å². The number of carbonyl (C=O) groups is 2. The van der Waals surface area contributed by atoms with Gasteiger partial charge in [0, 0.05) is 16.5 Å². The van der Waals surface area contributed by atoms with E-state index in [4.69, 9.17) is 9.47 Å². The van der Waals surface area contributed by atoms with E-state index in [0.29, 0.717) is 22.1 Å². The smallest absolute Gasteiger partial charge is 0.289 e. The second-order valence-corrected chi connectivity index (χ2v) is 6.69. The predicted molar refractivity (Wildman–Crippen MR) is 107 cm³/mol. The number of hydrazine groups is 1. The molecule has 0 radical (unpaired) electrons. The molecule has 0 bridgehead atoms. The molecule has 0 spiro atoms. The highest BCUT2D eigenvalue weighted by atomic mass is 32.1. The summed E-state index contributed by atoms with van der Waals surface area (Å²) in [5.74, 6) is 0.304. The zero-order chi connectivity index (χ0) is 20.1. The molecule has 0 atom stereocenters. The molecule has 0 aliphatic rings. The Labute approximate surface area is 166 Å². The normalized spacial score (nSPS) is 10.2. The van der Waals surface area contributed by atoms with Crippen LogP contribution in [0.5, 0.6) is 11.5 Å². The van der Waals surface area contributed by atoms with Crippen LogP contribution in [0, 0.1) is 6.92 Å². The summed E-state index contributed by atoms with van der Waals surface area (Å²) in [4.78, 5) is 28.8. The summed E-state index contributed by atoms with van der Waals surface area (Å²) in [5.41, 5.74) is 7.12. The molecule has 7 nitrogen and oxygen atoms in total. The summed E-state index contributed by atoms with van der Waals surface area (Å²) in [6.45, 7) is 1.83. The summed E-state index contributed by atoms with van der Waals surface area (Å²) in [5, 5.41) is 2.28. The van der Waals surface area contributed by atoms with Crippen LogP contribution in [0.4, 0.5) is 0 Å². The SMILES string of the molecule is COc1ccc(-c2nc(C(=O)NNC(=O)c3ccccc3C)cs2)cc1OC. The van der Waals surface area contributed by atoms with E-state index < -0.39 is 5.91 Å². The lowest BCUT2D eigenvalue weighted by Gasteiger charge is -2.08. The van der Waals surface area contributed by atoms with Crippen LogP contribution in [0.3, 0.4) is 0 Å². The van der Waals surface area contributed by atoms with Gasteiger partial charge in [-0.05, 0) is 36.8 Å². The summed E-state index contributed by atoms with van der Waals surface area (Å²) in [6.07, 6.45) is 0. The number of hydrogen-bond donors (Lipinski definition) is 2. The van der Waals surface area contributed by atoms with E-state index in [-0.39, 0.29) is 11.6 Å². The monoisotopic (exact) mass is 397 g/mol. The van der Waals surface area contributed by atoms with E-state index in [1.54, 1.807) is 43.9 Å². The first-order valence-electron chi connectivity index (χ1n) is 8.37. The molecule has 0 fully saturated rings. The molecule has 0 saturated carbocycles. The minimum atomic E-state index is -0.495. The maximum absolute atomic E-state index is 12.3. The van der Waals surface area contributed by atoms with Crippen molar-refractivity contribution >= 4 is 23.2 Å². The van der Waals surface area contributed by atoms with Crippen LogP contribution in [-0.2, 0) is 0 Å². The Balaban J connectivity index is 1.69. The Hall–Kier alpha value is -3.39. The van der Waals surface area contributed by atoms with Gasteiger partial charge >= 0.3 is 0 Å². The topological polar surface area (TPSA) is 89.5 Å². The third-order valence-corrected chi connectivity index (χ3v) is 4.94. The van der Waals surface area contributed by atoms with Gasteiger partial charge in [0.25, 0.3) is 11.8 Å². The van der Waals surface area contributed by atoms with Crippen molar-refractivity contribution in [3.05, 3.63) is 64.7 Å². The zero-order valence-corrected chi connectivity index (χ0v) is 16.4. The van der Waals surface area contributed by atoms with Gasteiger partial charge in [-0.1, -0.05) is 18.2 Å². The second kappa shape index (κ2) is 8.53. The Morgan fingerprint density at radius 1 is 0.964 bits per heavy atom. The Morgan fingerprint density at radius 2 is 1.68 bits per heavy atom. The molecule has 2 N–H and O–H groups in total. The summed E-state index contributed by atoms with van der Waals surface area (Å²) < 4.78 is 10.5. The first kappa shape index (κ1) is 19.4. The number of ether oxygens (including phenoxy) is 2. The molecular weight excluding hydrogens is 378 g/mol. The number of benzene rings is 2. The molecular formula is C20H19N3O4S. The van der Waals surface area contributed by atoms with E-state index in [1.165, 1.54) is 11.3 Å². The first-order valence-corrected chi connectivity index (χ1v) is 9.25. The standard InChI is InChI=1S/C20H19N3O4S/c1-12-6-4-5-7-14(12)18(24)22-23-19(25)15-11-28-20(21-15)13-8-9-16(26-2)17(10-13)27-3/h4-11H,1-3H3,(H,22,24)(H,23,25). The summed E-state index contributed by atoms with van der Waals surface area (Å²) >= 11 is 1.32. The fraction of sp³-hybridized carbons (Fsp3) is 0.150. The first-order chi connectivity index (χ1) is 13.5. The second-order valence-electron chi connectivity index (χ2n) is 5.83. The number of aromatic nitrogens is 1. The number of thiazole rings is 1. The number of hydrogen-bond acceptors (Lipinski definition) is 6. The van der Waals surface area contributed by atoms with Gasteiger partial charge in [-0.3, -0.25) is 20.4 Å². The van der Waals surface area contributed by atoms with Gasteiger partial charge in [0.05, 0.1) is 14.2 Å². The molecule has 1 aromatic heterocycles. The number of amides is 2. The highest BCUT2D eigenvalue weighted by molar-refractivity contribution is 7.13. The average Bonchev–Trinajstić information content (AvgIpc) is 3.22. The fourth-order valence-electron chi connectivity index (χ4n) is 2.55. The molecule has 8 heteroatoms. The lowest BCUT2D eigenvalue weighted by Crippen LogP contribution is -2.42. The van der Waals surface area contributed by atoms with Crippen molar-refractivity contribution in [3.63, 3.8) is 0 Å². The van der Waals surface area contributed by atoms with Gasteiger partial charge in [-0.15, -0.1) is 11.3 Å². The zero-order valence-electron chi connectivity index (χ0n) is 15.6. The molecule has 0 aliphatic heterocycles. The number of methoxy groups -OCH3 is 2. The number of nitrogens with zero attached hydrogens (tertiary/aromatic N) is 1. The van der Waals surface area contributed by atoms with Crippen molar-refractivity contribution in [1.82, 2.24) is 15.8 Å². The van der Waals surface area contributed by atoms with Gasteiger partial charge in [0.2, 0.25) is 0 Å². The number of rotatable bonds is 5. The van der Waals surface area contributed by atoms with Crippen LogP contribution in [0.1, 0.15) is 26.4 Å². The predicted octanol–water partition coefficient (Wildman–Crippen LogP) is 3.21. The maximum Gasteiger partial charge on any atom is 0.289 e. The quantitative estimate of drug-likeness (QED) is 0.646. The molecule has 3 rings (SSSR count). The van der Waals surface area contributed by atoms with E-state index >= 15 is 0 Å². The number of nitrogens with one attached hydrogen (secondary N) is 2. The third-order valence-electron chi connectivity index (χ3n) is 4.05. The van der Waals surface area contributed by atoms with Crippen LogP contribution in [0.2, 0.25) is 0 Å². The molecule has 0 saturated heterocycles. The van der Waals surface area contributed by atoms with Gasteiger partial charge in [-0.25, -0.2) is 4.98 Å². The molecule has 0 aliphatic carbocycles. The van der Waals surface area contributed by atoms with Gasteiger partial charge < -0.3 is 9.47 Å². The largest absolute Gasteiger partial charge is 0.493 e. The van der Waals surface area contributed by atoms with Crippen LogP contribution < -0.4 is 20.3 Å². The van der Waals surface area contributed by atoms with E-state index in [0.717, 1.165) is 11.1 Å². The molecule has 2 aromatic carbocycles. The Kier molecular flexibility index (Phi) is 5.90. The highest BCUT2D eigenvalue weighted by Gasteiger charge is 2.15. The molecule has 28 heavy (non-hydrogen) atoms. The highest BCUT2D eigenvalue weighted by Crippen LogP contribution is 2.33. The van der Waals surface area contributed by atoms with Crippen LogP contribution in [0.15, 0.2) is 47.8 Å². The minimum Gasteiger partial charge on any atom is -0.493 e. The van der Waals surface area contributed by atoms with Crippen LogP contribution >= 0.6 is 11.3 Å². The van der Waals surface area contributed by atoms with Crippen molar-refractivity contribution in [2.45, 2.75) is 6.92 Å². The Morgan fingerprint density at radius 3 is 2.39 bits per heavy atom. The van der Waals surface area contributed by atoms with E-state index in [1.807, 2.05) is 25.1 Å². The van der Waals surface area contributed by atoms with Crippen molar-refractivity contribution in [2.75, 3.05) is 14.2 Å². The number of aryl methyl sites for hydroxylation is 1. The summed E-state index contributed by atoms with van der Waals surface area (Å²) in [7, 11) is 3.12. The lowest BCUT2D eigenvalue weighted by molar-refractivity contribution is 0.0844. The van der Waals surface area contributed by atoms with E-state index in [9.17, 15) is 9.59 Å². The van der Waals surface area contributed by atoms with Crippen molar-refractivity contribution in [3.8, 4) is 22.1 Å². The average molecular weight is 397 g/mol. The molecule has 144 valence electrons. The van der Waals surface area contributed by atoms with Crippen LogP contribution in [-0.4, -0.2) is 31.0 Å². The van der Waals surface area contributed by atoms with Crippen molar-refractivity contribution in [2.24, 2.45) is 0 Å². The minimum absolute atomic E-state index is 0.208. The van der Waals surface area contributed by atoms with Crippen LogP contribution in [0.25, 0.3) is 10.6 Å². The van der Waals surface area contributed by atoms with Gasteiger partial charge in [0.15, 0.2) is 11.5 Å². The van der Waals surface area contributed by atoms with E-state index in [2.05, 4.69) is 15.8 Å². The third kappa shape index (κ3) is 4.12. The molecule has 2 amide bonds. The Bertz CT molecular complexity index is 1020. The molecule has 3 aromatic rings. The maximum atomic E-state index is 12.3. The van der Waals surface area contributed by atoms with Crippen molar-refractivity contribution in [1.29, 1.82) is 0 Å². The summed E-state index contributed by atoms with van der Waals surface area (Å²) in [6, 6.07) is 12.5. The van der Waals surface area contributed by atoms with Gasteiger partial charge in [-0.2, -0.15) is 0 Å².